The summed E-state index contributed by atoms with van der Waals surface area (Å²) in [6.07, 6.45) is 5.75. The lowest BCUT2D eigenvalue weighted by Gasteiger charge is -2.33. The summed E-state index contributed by atoms with van der Waals surface area (Å²) in [5.74, 6) is 1.51. The number of benzene rings is 2. The van der Waals surface area contributed by atoms with Gasteiger partial charge < -0.3 is 24.6 Å². The van der Waals surface area contributed by atoms with Gasteiger partial charge in [0.25, 0.3) is 0 Å². The van der Waals surface area contributed by atoms with E-state index in [0.717, 1.165) is 53.1 Å². The highest BCUT2D eigenvalue weighted by molar-refractivity contribution is 9.10. The highest BCUT2D eigenvalue weighted by Crippen LogP contribution is 2.37. The van der Waals surface area contributed by atoms with Crippen molar-refractivity contribution in [2.75, 3.05) is 37.0 Å². The van der Waals surface area contributed by atoms with Crippen molar-refractivity contribution in [2.45, 2.75) is 39.1 Å². The third-order valence-corrected chi connectivity index (χ3v) is 6.75. The van der Waals surface area contributed by atoms with Crippen LogP contribution in [-0.4, -0.2) is 49.9 Å². The van der Waals surface area contributed by atoms with Crippen LogP contribution in [0.5, 0.6) is 5.75 Å². The summed E-state index contributed by atoms with van der Waals surface area (Å²) in [4.78, 5) is 9.11. The zero-order chi connectivity index (χ0) is 23.4. The maximum absolute atomic E-state index is 6.54. The smallest absolute Gasteiger partial charge is 0.213 e. The Hall–Kier alpha value is -2.22. The second-order valence-corrected chi connectivity index (χ2v) is 9.57. The molecule has 1 unspecified atom stereocenters. The van der Waals surface area contributed by atoms with Crippen LogP contribution in [0.25, 0.3) is 0 Å². The number of likely N-dealkylation sites (tertiary alicyclic amines) is 1. The zero-order valence-corrected chi connectivity index (χ0v) is 21.6. The number of nitrogens with zero attached hydrogens (tertiary/aromatic N) is 3. The quantitative estimate of drug-likeness (QED) is 0.490. The van der Waals surface area contributed by atoms with Crippen molar-refractivity contribution < 1.29 is 9.47 Å². The van der Waals surface area contributed by atoms with E-state index < -0.39 is 6.29 Å². The van der Waals surface area contributed by atoms with Crippen molar-refractivity contribution in [2.24, 2.45) is 4.99 Å². The van der Waals surface area contributed by atoms with Gasteiger partial charge in [0, 0.05) is 35.5 Å². The summed E-state index contributed by atoms with van der Waals surface area (Å²) >= 11 is 10.2. The van der Waals surface area contributed by atoms with Gasteiger partial charge in [0.15, 0.2) is 0 Å². The summed E-state index contributed by atoms with van der Waals surface area (Å²) in [6, 6.07) is 11.9. The second kappa shape index (κ2) is 10.8. The average Bonchev–Trinajstić information content (AvgIpc) is 2.78. The van der Waals surface area contributed by atoms with Crippen molar-refractivity contribution in [1.29, 1.82) is 0 Å². The van der Waals surface area contributed by atoms with Crippen LogP contribution in [0.4, 0.5) is 11.4 Å². The Bertz CT molecular complexity index is 1020. The highest BCUT2D eigenvalue weighted by Gasteiger charge is 2.25. The maximum Gasteiger partial charge on any atom is 0.213 e. The molecule has 176 valence electrons. The molecular weight excluding hydrogens is 504 g/mol. The van der Waals surface area contributed by atoms with Gasteiger partial charge in [-0.2, -0.15) is 0 Å². The predicted octanol–water partition coefficient (Wildman–Crippen LogP) is 6.05. The Kier molecular flexibility index (Phi) is 7.83. The number of aliphatic imine (C=N–C) groups is 1. The number of rotatable bonds is 6. The van der Waals surface area contributed by atoms with Crippen LogP contribution < -0.4 is 15.0 Å². The van der Waals surface area contributed by atoms with Gasteiger partial charge in [-0.05, 0) is 85.6 Å². The fraction of sp³-hybridized carbons (Fsp3) is 0.400. The molecule has 8 heteroatoms. The zero-order valence-electron chi connectivity index (χ0n) is 19.2. The van der Waals surface area contributed by atoms with Crippen LogP contribution in [0.1, 0.15) is 25.3 Å². The molecule has 1 fully saturated rings. The molecule has 2 aliphatic rings. The molecule has 1 N–H and O–H groups in total. The van der Waals surface area contributed by atoms with E-state index in [1.54, 1.807) is 0 Å². The topological polar surface area (TPSA) is 49.3 Å². The highest BCUT2D eigenvalue weighted by atomic mass is 79.9. The van der Waals surface area contributed by atoms with Crippen LogP contribution in [0.2, 0.25) is 5.02 Å². The molecule has 6 nitrogen and oxygen atoms in total. The van der Waals surface area contributed by atoms with Gasteiger partial charge in [-0.25, -0.2) is 4.99 Å². The Balaban J connectivity index is 1.54. The molecule has 1 atom stereocenters. The standard InChI is InChI=1S/C25H30BrClN4O2/c1-4-32-23-12-15-31(24-20(26)6-5-7-21(24)27)25(29-23)28-18-8-9-22(17(2)16-18)33-19-10-13-30(3)14-11-19/h5-9,12,15-16,19,25,28H,4,10-11,13-14H2,1-3H3. The number of aryl methyl sites for hydroxylation is 1. The van der Waals surface area contributed by atoms with Crippen LogP contribution >= 0.6 is 27.5 Å². The summed E-state index contributed by atoms with van der Waals surface area (Å²) in [7, 11) is 2.16. The first-order chi connectivity index (χ1) is 15.9. The molecular formula is C25H30BrClN4O2. The average molecular weight is 534 g/mol. The number of anilines is 2. The van der Waals surface area contributed by atoms with Gasteiger partial charge in [-0.1, -0.05) is 17.7 Å². The van der Waals surface area contributed by atoms with Crippen molar-refractivity contribution in [1.82, 2.24) is 4.90 Å². The molecule has 0 bridgehead atoms. The molecule has 4 rings (SSSR count). The van der Waals surface area contributed by atoms with E-state index >= 15 is 0 Å². The van der Waals surface area contributed by atoms with E-state index in [-0.39, 0.29) is 6.10 Å². The maximum atomic E-state index is 6.54. The summed E-state index contributed by atoms with van der Waals surface area (Å²) in [5, 5.41) is 4.15. The Labute approximate surface area is 209 Å². The van der Waals surface area contributed by atoms with E-state index in [2.05, 4.69) is 46.2 Å². The molecule has 2 aliphatic heterocycles. The lowest BCUT2D eigenvalue weighted by molar-refractivity contribution is 0.113. The Morgan fingerprint density at radius 2 is 2.00 bits per heavy atom. The molecule has 0 aliphatic carbocycles. The SMILES string of the molecule is CCOC1=NC(Nc2ccc(OC3CCN(C)CC3)c(C)c2)N(c2c(Cl)cccc2Br)C=C1. The molecule has 0 saturated carbocycles. The molecule has 0 amide bonds. The lowest BCUT2D eigenvalue weighted by Crippen LogP contribution is -2.39. The Morgan fingerprint density at radius 1 is 1.21 bits per heavy atom. The Morgan fingerprint density at radius 3 is 2.70 bits per heavy atom. The first kappa shape index (κ1) is 23.9. The number of hydrogen-bond acceptors (Lipinski definition) is 6. The molecule has 2 aromatic rings. The molecule has 0 aromatic heterocycles. The lowest BCUT2D eigenvalue weighted by atomic mass is 10.1. The predicted molar refractivity (Wildman–Crippen MR) is 140 cm³/mol. The molecule has 0 spiro atoms. The normalized spacial score (nSPS) is 19.4. The molecule has 2 aromatic carbocycles. The number of halogens is 2. The van der Waals surface area contributed by atoms with E-state index in [1.165, 1.54) is 0 Å². The molecule has 0 radical (unpaired) electrons. The minimum Gasteiger partial charge on any atom is -0.490 e. The fourth-order valence-corrected chi connectivity index (χ4v) is 4.98. The fourth-order valence-electron chi connectivity index (χ4n) is 4.02. The van der Waals surface area contributed by atoms with Crippen molar-refractivity contribution in [3.8, 4) is 5.75 Å². The number of hydrogen-bond donors (Lipinski definition) is 1. The molecule has 33 heavy (non-hydrogen) atoms. The number of nitrogens with one attached hydrogen (secondary N) is 1. The van der Waals surface area contributed by atoms with Crippen LogP contribution in [0.15, 0.2) is 58.1 Å². The van der Waals surface area contributed by atoms with Gasteiger partial charge in [-0.15, -0.1) is 0 Å². The third kappa shape index (κ3) is 5.83. The number of piperidine rings is 1. The van der Waals surface area contributed by atoms with Gasteiger partial charge in [0.2, 0.25) is 12.2 Å². The minimum atomic E-state index is -0.423. The van der Waals surface area contributed by atoms with Gasteiger partial charge in [0.1, 0.15) is 11.9 Å². The molecule has 1 saturated heterocycles. The summed E-state index contributed by atoms with van der Waals surface area (Å²) in [6.45, 7) is 6.72. The number of para-hydroxylation sites is 1. The van der Waals surface area contributed by atoms with Crippen LogP contribution in [-0.2, 0) is 4.74 Å². The first-order valence-corrected chi connectivity index (χ1v) is 12.4. The van der Waals surface area contributed by atoms with Crippen molar-refractivity contribution >= 4 is 44.8 Å². The molecule has 2 heterocycles. The minimum absolute atomic E-state index is 0.272. The number of ether oxygens (including phenoxy) is 2. The van der Waals surface area contributed by atoms with E-state index in [4.69, 9.17) is 26.1 Å². The summed E-state index contributed by atoms with van der Waals surface area (Å²) in [5.41, 5.74) is 2.87. The van der Waals surface area contributed by atoms with Gasteiger partial charge in [0.05, 0.1) is 17.3 Å². The monoisotopic (exact) mass is 532 g/mol. The first-order valence-electron chi connectivity index (χ1n) is 11.3. The van der Waals surface area contributed by atoms with Crippen LogP contribution in [0.3, 0.4) is 0 Å². The third-order valence-electron chi connectivity index (χ3n) is 5.81. The van der Waals surface area contributed by atoms with Crippen molar-refractivity contribution in [3.05, 3.63) is 63.7 Å². The summed E-state index contributed by atoms with van der Waals surface area (Å²) < 4.78 is 12.9. The van der Waals surface area contributed by atoms with Gasteiger partial charge in [-0.3, -0.25) is 0 Å². The van der Waals surface area contributed by atoms with E-state index in [9.17, 15) is 0 Å². The van der Waals surface area contributed by atoms with Gasteiger partial charge >= 0.3 is 0 Å². The van der Waals surface area contributed by atoms with E-state index in [0.29, 0.717) is 17.5 Å². The largest absolute Gasteiger partial charge is 0.490 e. The van der Waals surface area contributed by atoms with Crippen LogP contribution in [0, 0.1) is 6.92 Å². The van der Waals surface area contributed by atoms with E-state index in [1.807, 2.05) is 54.4 Å². The van der Waals surface area contributed by atoms with Crippen molar-refractivity contribution in [3.63, 3.8) is 0 Å². The second-order valence-electron chi connectivity index (χ2n) is 8.31.